The number of hydrogen-bond donors (Lipinski definition) is 1. The van der Waals surface area contributed by atoms with Crippen LogP contribution in [-0.4, -0.2) is 41.2 Å². The van der Waals surface area contributed by atoms with Crippen LogP contribution in [0, 0.1) is 11.8 Å². The average Bonchev–Trinajstić information content (AvgIpc) is 3.14. The highest BCUT2D eigenvalue weighted by Crippen LogP contribution is 2.48. The SMILES string of the molecule is COC(=O)c1cnc(N2C[C@@H]3CCC[C@@](O)(c4ccccc4)[C@@H]3C2)cn1. The van der Waals surface area contributed by atoms with Crippen LogP contribution in [0.15, 0.2) is 42.7 Å². The lowest BCUT2D eigenvalue weighted by Gasteiger charge is -2.41. The molecule has 26 heavy (non-hydrogen) atoms. The second kappa shape index (κ2) is 6.68. The Bertz CT molecular complexity index is 781. The van der Waals surface area contributed by atoms with Gasteiger partial charge in [0.25, 0.3) is 0 Å². The molecule has 1 aliphatic carbocycles. The summed E-state index contributed by atoms with van der Waals surface area (Å²) in [4.78, 5) is 22.2. The number of aliphatic hydroxyl groups is 1. The van der Waals surface area contributed by atoms with Gasteiger partial charge in [0.2, 0.25) is 0 Å². The maximum Gasteiger partial charge on any atom is 0.358 e. The van der Waals surface area contributed by atoms with E-state index in [0.29, 0.717) is 5.92 Å². The normalized spacial score (nSPS) is 27.8. The van der Waals surface area contributed by atoms with E-state index in [0.717, 1.165) is 43.7 Å². The van der Waals surface area contributed by atoms with Crippen LogP contribution >= 0.6 is 0 Å². The van der Waals surface area contributed by atoms with Gasteiger partial charge in [-0.1, -0.05) is 30.3 Å². The molecule has 1 aromatic heterocycles. The molecular formula is C20H23N3O3. The number of esters is 1. The summed E-state index contributed by atoms with van der Waals surface area (Å²) in [5, 5.41) is 11.5. The zero-order valence-corrected chi connectivity index (χ0v) is 14.8. The molecule has 0 amide bonds. The molecule has 0 spiro atoms. The molecule has 2 heterocycles. The number of ether oxygens (including phenoxy) is 1. The lowest BCUT2D eigenvalue weighted by Crippen LogP contribution is -2.42. The van der Waals surface area contributed by atoms with Crippen molar-refractivity contribution in [1.82, 2.24) is 9.97 Å². The minimum Gasteiger partial charge on any atom is -0.464 e. The van der Waals surface area contributed by atoms with Gasteiger partial charge in [-0.25, -0.2) is 14.8 Å². The van der Waals surface area contributed by atoms with Crippen molar-refractivity contribution in [2.24, 2.45) is 11.8 Å². The van der Waals surface area contributed by atoms with Crippen molar-refractivity contribution in [3.05, 3.63) is 54.0 Å². The minimum atomic E-state index is -0.793. The van der Waals surface area contributed by atoms with Crippen LogP contribution in [0.1, 0.15) is 35.3 Å². The van der Waals surface area contributed by atoms with E-state index in [1.165, 1.54) is 13.3 Å². The summed E-state index contributed by atoms with van der Waals surface area (Å²) in [7, 11) is 1.33. The Hall–Kier alpha value is -2.47. The summed E-state index contributed by atoms with van der Waals surface area (Å²) >= 11 is 0. The maximum absolute atomic E-state index is 11.5. The quantitative estimate of drug-likeness (QED) is 0.854. The Balaban J connectivity index is 1.57. The smallest absolute Gasteiger partial charge is 0.358 e. The van der Waals surface area contributed by atoms with Gasteiger partial charge in [0.05, 0.1) is 25.1 Å². The van der Waals surface area contributed by atoms with Gasteiger partial charge in [-0.3, -0.25) is 0 Å². The van der Waals surface area contributed by atoms with Crippen molar-refractivity contribution in [3.63, 3.8) is 0 Å². The predicted octanol–water partition coefficient (Wildman–Crippen LogP) is 2.39. The molecule has 2 aromatic rings. The topological polar surface area (TPSA) is 75.5 Å². The Kier molecular flexibility index (Phi) is 4.36. The molecule has 0 bridgehead atoms. The largest absolute Gasteiger partial charge is 0.464 e. The van der Waals surface area contributed by atoms with Crippen LogP contribution in [0.25, 0.3) is 0 Å². The fourth-order valence-electron chi connectivity index (χ4n) is 4.49. The fourth-order valence-corrected chi connectivity index (χ4v) is 4.49. The monoisotopic (exact) mass is 353 g/mol. The van der Waals surface area contributed by atoms with E-state index < -0.39 is 11.6 Å². The maximum atomic E-state index is 11.5. The van der Waals surface area contributed by atoms with Crippen molar-refractivity contribution in [1.29, 1.82) is 0 Å². The summed E-state index contributed by atoms with van der Waals surface area (Å²) in [6.45, 7) is 1.59. The summed E-state index contributed by atoms with van der Waals surface area (Å²) in [6.07, 6.45) is 5.99. The van der Waals surface area contributed by atoms with Gasteiger partial charge in [-0.15, -0.1) is 0 Å². The first-order valence-electron chi connectivity index (χ1n) is 9.05. The van der Waals surface area contributed by atoms with E-state index in [4.69, 9.17) is 0 Å². The highest BCUT2D eigenvalue weighted by atomic mass is 16.5. The van der Waals surface area contributed by atoms with Gasteiger partial charge in [-0.05, 0) is 30.7 Å². The minimum absolute atomic E-state index is 0.167. The first-order valence-corrected chi connectivity index (χ1v) is 9.05. The number of carbonyl (C=O) groups excluding carboxylic acids is 1. The number of fused-ring (bicyclic) bond motifs is 1. The Morgan fingerprint density at radius 3 is 2.73 bits per heavy atom. The molecule has 1 aromatic carbocycles. The van der Waals surface area contributed by atoms with Gasteiger partial charge in [-0.2, -0.15) is 0 Å². The molecule has 4 rings (SSSR count). The van der Waals surface area contributed by atoms with Crippen LogP contribution < -0.4 is 4.90 Å². The molecule has 2 fully saturated rings. The molecule has 1 saturated heterocycles. The molecule has 3 atom stereocenters. The van der Waals surface area contributed by atoms with Crippen molar-refractivity contribution >= 4 is 11.8 Å². The summed E-state index contributed by atoms with van der Waals surface area (Å²) in [5.41, 5.74) is 0.413. The molecular weight excluding hydrogens is 330 g/mol. The number of methoxy groups -OCH3 is 1. The number of carbonyl (C=O) groups is 1. The molecule has 6 heteroatoms. The number of aromatic nitrogens is 2. The molecule has 1 aliphatic heterocycles. The van der Waals surface area contributed by atoms with Crippen LogP contribution in [0.5, 0.6) is 0 Å². The van der Waals surface area contributed by atoms with Crippen molar-refractivity contribution in [2.75, 3.05) is 25.1 Å². The molecule has 0 unspecified atom stereocenters. The lowest BCUT2D eigenvalue weighted by molar-refractivity contribution is -0.0631. The van der Waals surface area contributed by atoms with Crippen molar-refractivity contribution < 1.29 is 14.6 Å². The first kappa shape index (κ1) is 17.0. The Morgan fingerprint density at radius 1 is 1.23 bits per heavy atom. The van der Waals surface area contributed by atoms with E-state index in [2.05, 4.69) is 19.6 Å². The molecule has 136 valence electrons. The van der Waals surface area contributed by atoms with Gasteiger partial charge >= 0.3 is 5.97 Å². The first-order chi connectivity index (χ1) is 12.6. The van der Waals surface area contributed by atoms with E-state index >= 15 is 0 Å². The van der Waals surface area contributed by atoms with Gasteiger partial charge in [0.15, 0.2) is 5.69 Å². The third-order valence-corrected chi connectivity index (χ3v) is 5.82. The number of nitrogens with zero attached hydrogens (tertiary/aromatic N) is 3. The van der Waals surface area contributed by atoms with Crippen LogP contribution in [0.2, 0.25) is 0 Å². The van der Waals surface area contributed by atoms with Gasteiger partial charge in [0, 0.05) is 19.0 Å². The highest BCUT2D eigenvalue weighted by Gasteiger charge is 2.49. The van der Waals surface area contributed by atoms with Crippen molar-refractivity contribution in [2.45, 2.75) is 24.9 Å². The zero-order valence-electron chi connectivity index (χ0n) is 14.8. The van der Waals surface area contributed by atoms with E-state index in [9.17, 15) is 9.90 Å². The molecule has 1 N–H and O–H groups in total. The predicted molar refractivity (Wildman–Crippen MR) is 96.8 cm³/mol. The standard InChI is InChI=1S/C20H23N3O3/c1-26-19(24)17-10-22-18(11-21-17)23-12-14-6-5-9-20(25,16(14)13-23)15-7-3-2-4-8-15/h2-4,7-8,10-11,14,16,25H,5-6,9,12-13H2,1H3/t14-,16+,20+/m0/s1. The van der Waals surface area contributed by atoms with Gasteiger partial charge in [0.1, 0.15) is 5.82 Å². The molecule has 1 saturated carbocycles. The molecule has 2 aliphatic rings. The third-order valence-electron chi connectivity index (χ3n) is 5.82. The number of benzene rings is 1. The van der Waals surface area contributed by atoms with Crippen molar-refractivity contribution in [3.8, 4) is 0 Å². The highest BCUT2D eigenvalue weighted by molar-refractivity contribution is 5.86. The second-order valence-electron chi connectivity index (χ2n) is 7.21. The zero-order chi connectivity index (χ0) is 18.1. The lowest BCUT2D eigenvalue weighted by atomic mass is 9.67. The van der Waals surface area contributed by atoms with Crippen LogP contribution in [-0.2, 0) is 10.3 Å². The molecule has 6 nitrogen and oxygen atoms in total. The van der Waals surface area contributed by atoms with E-state index in [-0.39, 0.29) is 11.6 Å². The van der Waals surface area contributed by atoms with E-state index in [1.54, 1.807) is 6.20 Å². The average molecular weight is 353 g/mol. The summed E-state index contributed by atoms with van der Waals surface area (Å²) < 4.78 is 4.67. The Morgan fingerprint density at radius 2 is 2.04 bits per heavy atom. The van der Waals surface area contributed by atoms with Crippen LogP contribution in [0.4, 0.5) is 5.82 Å². The van der Waals surface area contributed by atoms with Gasteiger partial charge < -0.3 is 14.7 Å². The fraction of sp³-hybridized carbons (Fsp3) is 0.450. The summed E-state index contributed by atoms with van der Waals surface area (Å²) in [6, 6.07) is 10.00. The second-order valence-corrected chi connectivity index (χ2v) is 7.21. The van der Waals surface area contributed by atoms with Crippen LogP contribution in [0.3, 0.4) is 0 Å². The number of hydrogen-bond acceptors (Lipinski definition) is 6. The molecule has 0 radical (unpaired) electrons. The number of rotatable bonds is 3. The summed E-state index contributed by atoms with van der Waals surface area (Å²) in [5.74, 6) is 0.844. The van der Waals surface area contributed by atoms with E-state index in [1.807, 2.05) is 30.3 Å². The number of anilines is 1. The third kappa shape index (κ3) is 2.84. The Labute approximate surface area is 152 Å².